The van der Waals surface area contributed by atoms with Crippen molar-refractivity contribution in [1.29, 1.82) is 0 Å². The molecule has 0 bridgehead atoms. The van der Waals surface area contributed by atoms with E-state index in [4.69, 9.17) is 0 Å². The molecular formula is C14H18BrF2NO. The third kappa shape index (κ3) is 4.14. The van der Waals surface area contributed by atoms with Crippen LogP contribution in [0, 0.1) is 17.6 Å². The fourth-order valence-electron chi connectivity index (χ4n) is 2.65. The average Bonchev–Trinajstić information content (AvgIpc) is 2.80. The summed E-state index contributed by atoms with van der Waals surface area (Å²) in [4.78, 5) is 0. The van der Waals surface area contributed by atoms with Crippen molar-refractivity contribution in [2.45, 2.75) is 38.2 Å². The lowest BCUT2D eigenvalue weighted by Crippen LogP contribution is -2.22. The molecule has 1 atom stereocenters. The SMILES string of the molecule is OC(CNc1c(F)cc(Br)cc1F)CC1CCCC1. The Balaban J connectivity index is 1.87. The predicted octanol–water partition coefficient (Wildman–Crippen LogP) is 4.08. The molecule has 0 spiro atoms. The number of benzene rings is 1. The van der Waals surface area contributed by atoms with Crippen molar-refractivity contribution >= 4 is 21.6 Å². The molecule has 5 heteroatoms. The summed E-state index contributed by atoms with van der Waals surface area (Å²) in [5, 5.41) is 12.6. The first kappa shape index (κ1) is 14.7. The average molecular weight is 334 g/mol. The minimum Gasteiger partial charge on any atom is -0.391 e. The summed E-state index contributed by atoms with van der Waals surface area (Å²) in [5.41, 5.74) is -0.173. The van der Waals surface area contributed by atoms with Gasteiger partial charge in [0.15, 0.2) is 0 Å². The molecule has 2 nitrogen and oxygen atoms in total. The highest BCUT2D eigenvalue weighted by atomic mass is 79.9. The Hall–Kier alpha value is -0.680. The summed E-state index contributed by atoms with van der Waals surface area (Å²) >= 11 is 3.03. The molecule has 0 aliphatic heterocycles. The van der Waals surface area contributed by atoms with Gasteiger partial charge in [0.25, 0.3) is 0 Å². The number of anilines is 1. The van der Waals surface area contributed by atoms with Crippen LogP contribution >= 0.6 is 15.9 Å². The van der Waals surface area contributed by atoms with Gasteiger partial charge in [0.05, 0.1) is 6.10 Å². The molecule has 1 aromatic rings. The van der Waals surface area contributed by atoms with Crippen LogP contribution in [-0.4, -0.2) is 17.8 Å². The lowest BCUT2D eigenvalue weighted by molar-refractivity contribution is 0.154. The molecule has 1 aliphatic rings. The van der Waals surface area contributed by atoms with Crippen molar-refractivity contribution in [1.82, 2.24) is 0 Å². The number of hydrogen-bond donors (Lipinski definition) is 2. The van der Waals surface area contributed by atoms with E-state index in [0.29, 0.717) is 16.8 Å². The van der Waals surface area contributed by atoms with Gasteiger partial charge in [-0.1, -0.05) is 41.6 Å². The zero-order valence-corrected chi connectivity index (χ0v) is 12.2. The summed E-state index contributed by atoms with van der Waals surface area (Å²) < 4.78 is 27.5. The maximum Gasteiger partial charge on any atom is 0.150 e. The van der Waals surface area contributed by atoms with Gasteiger partial charge in [0.2, 0.25) is 0 Å². The topological polar surface area (TPSA) is 32.3 Å². The van der Waals surface area contributed by atoms with E-state index in [1.807, 2.05) is 0 Å². The number of halogens is 3. The van der Waals surface area contributed by atoms with E-state index in [2.05, 4.69) is 21.2 Å². The molecule has 106 valence electrons. The molecule has 1 fully saturated rings. The van der Waals surface area contributed by atoms with E-state index < -0.39 is 17.7 Å². The quantitative estimate of drug-likeness (QED) is 0.850. The van der Waals surface area contributed by atoms with Crippen LogP contribution in [0.4, 0.5) is 14.5 Å². The summed E-state index contributed by atoms with van der Waals surface area (Å²) in [6, 6.07) is 2.41. The summed E-state index contributed by atoms with van der Waals surface area (Å²) in [5.74, 6) is -0.753. The van der Waals surface area contributed by atoms with Crippen LogP contribution in [0.2, 0.25) is 0 Å². The third-order valence-electron chi connectivity index (χ3n) is 3.60. The van der Waals surface area contributed by atoms with Crippen LogP contribution in [0.15, 0.2) is 16.6 Å². The van der Waals surface area contributed by atoms with Crippen LogP contribution in [0.1, 0.15) is 32.1 Å². The van der Waals surface area contributed by atoms with E-state index in [1.165, 1.54) is 25.0 Å². The predicted molar refractivity (Wildman–Crippen MR) is 75.1 cm³/mol. The molecule has 1 unspecified atom stereocenters. The minimum atomic E-state index is -0.653. The number of rotatable bonds is 5. The summed E-state index contributed by atoms with van der Waals surface area (Å²) in [7, 11) is 0. The first-order chi connectivity index (χ1) is 9.06. The summed E-state index contributed by atoms with van der Waals surface area (Å²) in [6.45, 7) is 0.173. The molecule has 1 saturated carbocycles. The van der Waals surface area contributed by atoms with Crippen LogP contribution in [0.5, 0.6) is 0 Å². The molecule has 1 aliphatic carbocycles. The van der Waals surface area contributed by atoms with Gasteiger partial charge in [-0.05, 0) is 24.5 Å². The molecule has 2 N–H and O–H groups in total. The molecule has 2 rings (SSSR count). The second kappa shape index (κ2) is 6.66. The highest BCUT2D eigenvalue weighted by Crippen LogP contribution is 2.29. The molecule has 19 heavy (non-hydrogen) atoms. The molecule has 1 aromatic carbocycles. The maximum atomic E-state index is 13.6. The largest absolute Gasteiger partial charge is 0.391 e. The first-order valence-corrected chi connectivity index (χ1v) is 7.42. The second-order valence-electron chi connectivity index (χ2n) is 5.17. The Labute approximate surface area is 120 Å². The van der Waals surface area contributed by atoms with E-state index in [9.17, 15) is 13.9 Å². The zero-order chi connectivity index (χ0) is 13.8. The lowest BCUT2D eigenvalue weighted by atomic mass is 10.00. The van der Waals surface area contributed by atoms with Crippen LogP contribution in [0.25, 0.3) is 0 Å². The Kier molecular flexibility index (Phi) is 5.16. The Morgan fingerprint density at radius 1 is 1.26 bits per heavy atom. The van der Waals surface area contributed by atoms with Crippen molar-refractivity contribution in [2.24, 2.45) is 5.92 Å². The standard InChI is InChI=1S/C14H18BrF2NO/c15-10-6-12(16)14(13(17)7-10)18-8-11(19)5-9-3-1-2-4-9/h6-7,9,11,18-19H,1-5,8H2. The molecule has 0 saturated heterocycles. The van der Waals surface area contributed by atoms with Gasteiger partial charge in [-0.2, -0.15) is 0 Å². The van der Waals surface area contributed by atoms with Crippen molar-refractivity contribution in [3.63, 3.8) is 0 Å². The Bertz CT molecular complexity index is 412. The minimum absolute atomic E-state index is 0.173. The maximum absolute atomic E-state index is 13.6. The van der Waals surface area contributed by atoms with Crippen LogP contribution in [0.3, 0.4) is 0 Å². The van der Waals surface area contributed by atoms with Crippen LogP contribution < -0.4 is 5.32 Å². The first-order valence-electron chi connectivity index (χ1n) is 6.62. The van der Waals surface area contributed by atoms with Gasteiger partial charge < -0.3 is 10.4 Å². The number of nitrogens with one attached hydrogen (secondary N) is 1. The van der Waals surface area contributed by atoms with Crippen LogP contribution in [-0.2, 0) is 0 Å². The molecular weight excluding hydrogens is 316 g/mol. The second-order valence-corrected chi connectivity index (χ2v) is 6.08. The van der Waals surface area contributed by atoms with Gasteiger partial charge in [-0.15, -0.1) is 0 Å². The van der Waals surface area contributed by atoms with Crippen molar-refractivity contribution in [2.75, 3.05) is 11.9 Å². The molecule has 0 aromatic heterocycles. The Morgan fingerprint density at radius 3 is 2.42 bits per heavy atom. The normalized spacial score (nSPS) is 17.7. The smallest absolute Gasteiger partial charge is 0.150 e. The van der Waals surface area contributed by atoms with Crippen molar-refractivity contribution in [3.8, 4) is 0 Å². The molecule has 0 heterocycles. The zero-order valence-electron chi connectivity index (χ0n) is 10.6. The van der Waals surface area contributed by atoms with Gasteiger partial charge in [-0.3, -0.25) is 0 Å². The van der Waals surface area contributed by atoms with E-state index >= 15 is 0 Å². The van der Waals surface area contributed by atoms with E-state index in [1.54, 1.807) is 0 Å². The van der Waals surface area contributed by atoms with Crippen molar-refractivity contribution < 1.29 is 13.9 Å². The fraction of sp³-hybridized carbons (Fsp3) is 0.571. The number of aliphatic hydroxyl groups is 1. The Morgan fingerprint density at radius 2 is 1.84 bits per heavy atom. The molecule has 0 amide bonds. The highest BCUT2D eigenvalue weighted by molar-refractivity contribution is 9.10. The third-order valence-corrected chi connectivity index (χ3v) is 4.06. The number of hydrogen-bond acceptors (Lipinski definition) is 2. The van der Waals surface area contributed by atoms with Gasteiger partial charge in [-0.25, -0.2) is 8.78 Å². The van der Waals surface area contributed by atoms with Crippen molar-refractivity contribution in [3.05, 3.63) is 28.2 Å². The summed E-state index contributed by atoms with van der Waals surface area (Å²) in [6.07, 6.45) is 4.88. The van der Waals surface area contributed by atoms with E-state index in [0.717, 1.165) is 12.8 Å². The number of aliphatic hydroxyl groups excluding tert-OH is 1. The fourth-order valence-corrected chi connectivity index (χ4v) is 3.05. The van der Waals surface area contributed by atoms with Gasteiger partial charge >= 0.3 is 0 Å². The molecule has 0 radical (unpaired) electrons. The lowest BCUT2D eigenvalue weighted by Gasteiger charge is -2.17. The monoisotopic (exact) mass is 333 g/mol. The van der Waals surface area contributed by atoms with Gasteiger partial charge in [0.1, 0.15) is 17.3 Å². The highest BCUT2D eigenvalue weighted by Gasteiger charge is 2.19. The van der Waals surface area contributed by atoms with E-state index in [-0.39, 0.29) is 12.2 Å². The van der Waals surface area contributed by atoms with Gasteiger partial charge in [0, 0.05) is 11.0 Å².